The highest BCUT2D eigenvalue weighted by molar-refractivity contribution is 7.26. The monoisotopic (exact) mass is 790 g/mol. The first-order chi connectivity index (χ1) is 29.2. The molecule has 276 valence electrons. The normalized spacial score (nSPS) is 11.7. The Morgan fingerprint density at radius 2 is 0.949 bits per heavy atom. The largest absolute Gasteiger partial charge is 0.436 e. The lowest BCUT2D eigenvalue weighted by Gasteiger charge is -2.09. The van der Waals surface area contributed by atoms with Gasteiger partial charge in [-0.3, -0.25) is 0 Å². The van der Waals surface area contributed by atoms with Gasteiger partial charge in [0.2, 0.25) is 5.89 Å². The molecule has 0 fully saturated rings. The van der Waals surface area contributed by atoms with Gasteiger partial charge < -0.3 is 4.42 Å². The first-order valence-electron chi connectivity index (χ1n) is 19.4. The molecule has 0 saturated carbocycles. The van der Waals surface area contributed by atoms with Crippen molar-refractivity contribution in [1.29, 1.82) is 0 Å². The molecule has 0 bridgehead atoms. The fraction of sp³-hybridized carbons (Fsp3) is 0. The number of aromatic nitrogens is 4. The van der Waals surface area contributed by atoms with Crippen molar-refractivity contribution in [3.63, 3.8) is 0 Å². The van der Waals surface area contributed by atoms with Crippen LogP contribution in [0.2, 0.25) is 0 Å². The van der Waals surface area contributed by atoms with E-state index in [4.69, 9.17) is 24.4 Å². The summed E-state index contributed by atoms with van der Waals surface area (Å²) in [4.78, 5) is 20.0. The molecule has 4 aromatic heterocycles. The molecule has 12 aromatic rings. The Hall–Kier alpha value is -7.32. The summed E-state index contributed by atoms with van der Waals surface area (Å²) in [7, 11) is 0. The summed E-state index contributed by atoms with van der Waals surface area (Å²) in [5, 5.41) is 4.92. The van der Waals surface area contributed by atoms with Gasteiger partial charge in [0.1, 0.15) is 5.52 Å². The molecular weight excluding hydrogens is 761 g/mol. The average Bonchev–Trinajstić information content (AvgIpc) is 4.02. The van der Waals surface area contributed by atoms with Crippen LogP contribution < -0.4 is 0 Å². The second kappa shape index (κ2) is 13.7. The van der Waals surface area contributed by atoms with E-state index in [1.165, 1.54) is 45.9 Å². The predicted molar refractivity (Wildman–Crippen MR) is 246 cm³/mol. The smallest absolute Gasteiger partial charge is 0.227 e. The van der Waals surface area contributed by atoms with E-state index in [2.05, 4.69) is 140 Å². The van der Waals surface area contributed by atoms with Crippen molar-refractivity contribution in [1.82, 2.24) is 19.9 Å². The van der Waals surface area contributed by atoms with Crippen LogP contribution in [0.5, 0.6) is 0 Å². The van der Waals surface area contributed by atoms with Gasteiger partial charge in [-0.15, -0.1) is 22.7 Å². The molecule has 4 heterocycles. The molecule has 0 amide bonds. The van der Waals surface area contributed by atoms with Crippen LogP contribution in [0.3, 0.4) is 0 Å². The van der Waals surface area contributed by atoms with E-state index in [1.807, 2.05) is 53.8 Å². The molecule has 0 aliphatic carbocycles. The molecule has 0 aliphatic rings. The van der Waals surface area contributed by atoms with E-state index < -0.39 is 0 Å². The highest BCUT2D eigenvalue weighted by Crippen LogP contribution is 2.42. The van der Waals surface area contributed by atoms with E-state index >= 15 is 0 Å². The SMILES string of the molecule is c1ccc(-c2ccc3nc(-c4ccc5sc6c(-c7ccc(-c8nc(-c9ccccc9)nc(-c9ccc%10c(c9)sc9ccccc9%10)n8)cc7)cccc6c5c4)oc3c2)cc1. The first-order valence-corrected chi connectivity index (χ1v) is 21.1. The van der Waals surface area contributed by atoms with Gasteiger partial charge in [-0.05, 0) is 64.7 Å². The Bertz CT molecular complexity index is 3550. The van der Waals surface area contributed by atoms with Gasteiger partial charge >= 0.3 is 0 Å². The average molecular weight is 791 g/mol. The fourth-order valence-corrected chi connectivity index (χ4v) is 10.4. The minimum Gasteiger partial charge on any atom is -0.436 e. The van der Waals surface area contributed by atoms with E-state index in [0.717, 1.165) is 50.0 Å². The van der Waals surface area contributed by atoms with Crippen molar-refractivity contribution in [2.75, 3.05) is 0 Å². The zero-order chi connectivity index (χ0) is 38.9. The first kappa shape index (κ1) is 33.8. The Labute approximate surface area is 346 Å². The molecule has 0 radical (unpaired) electrons. The third-order valence-electron chi connectivity index (χ3n) is 11.0. The standard InChI is InChI=1S/C52H30N4OS2/c1-3-10-31(11-4-1)35-23-26-43-44(29-35)57-52(53-43)37-24-27-46-42(28-37)41-16-9-15-38(48(41)59-46)32-18-20-34(21-19-32)50-54-49(33-12-5-2-6-13-33)55-51(56-50)36-22-25-40-39-14-7-8-17-45(39)58-47(40)30-36/h1-30H. The number of rotatable bonds is 6. The molecule has 0 saturated heterocycles. The van der Waals surface area contributed by atoms with Crippen LogP contribution in [-0.4, -0.2) is 19.9 Å². The summed E-state index contributed by atoms with van der Waals surface area (Å²) in [5.74, 6) is 2.56. The van der Waals surface area contributed by atoms with Crippen molar-refractivity contribution in [3.05, 3.63) is 182 Å². The number of hydrogen-bond donors (Lipinski definition) is 0. The summed E-state index contributed by atoms with van der Waals surface area (Å²) in [6.45, 7) is 0. The van der Waals surface area contributed by atoms with Crippen molar-refractivity contribution in [2.45, 2.75) is 0 Å². The maximum atomic E-state index is 6.37. The van der Waals surface area contributed by atoms with Crippen molar-refractivity contribution in [2.24, 2.45) is 0 Å². The summed E-state index contributed by atoms with van der Waals surface area (Å²) in [6.07, 6.45) is 0. The Morgan fingerprint density at radius 1 is 0.339 bits per heavy atom. The van der Waals surface area contributed by atoms with Crippen molar-refractivity contribution >= 4 is 74.1 Å². The lowest BCUT2D eigenvalue weighted by Crippen LogP contribution is -2.00. The molecule has 0 N–H and O–H groups in total. The maximum Gasteiger partial charge on any atom is 0.227 e. The molecule has 0 aliphatic heterocycles. The van der Waals surface area contributed by atoms with E-state index in [1.54, 1.807) is 11.3 Å². The second-order valence-electron chi connectivity index (χ2n) is 14.6. The molecule has 59 heavy (non-hydrogen) atoms. The summed E-state index contributed by atoms with van der Waals surface area (Å²) in [6, 6.07) is 63.5. The lowest BCUT2D eigenvalue weighted by molar-refractivity contribution is 0.620. The van der Waals surface area contributed by atoms with Crippen molar-refractivity contribution < 1.29 is 4.42 Å². The van der Waals surface area contributed by atoms with Crippen LogP contribution in [0.4, 0.5) is 0 Å². The Balaban J connectivity index is 0.900. The molecule has 7 heteroatoms. The molecule has 5 nitrogen and oxygen atoms in total. The van der Waals surface area contributed by atoms with E-state index in [-0.39, 0.29) is 0 Å². The van der Waals surface area contributed by atoms with Gasteiger partial charge in [-0.1, -0.05) is 140 Å². The number of fused-ring (bicyclic) bond motifs is 7. The van der Waals surface area contributed by atoms with Crippen LogP contribution in [-0.2, 0) is 0 Å². The lowest BCUT2D eigenvalue weighted by atomic mass is 10.0. The van der Waals surface area contributed by atoms with E-state index in [9.17, 15) is 0 Å². The van der Waals surface area contributed by atoms with Gasteiger partial charge in [0.25, 0.3) is 0 Å². The molecule has 8 aromatic carbocycles. The summed E-state index contributed by atoms with van der Waals surface area (Å²) < 4.78 is 11.3. The van der Waals surface area contributed by atoms with Gasteiger partial charge in [0.15, 0.2) is 23.1 Å². The molecule has 12 rings (SSSR count). The van der Waals surface area contributed by atoms with E-state index in [0.29, 0.717) is 23.4 Å². The highest BCUT2D eigenvalue weighted by Gasteiger charge is 2.17. The van der Waals surface area contributed by atoms with Gasteiger partial charge in [-0.2, -0.15) is 0 Å². The number of oxazole rings is 1. The zero-order valence-electron chi connectivity index (χ0n) is 31.3. The fourth-order valence-electron chi connectivity index (χ4n) is 8.03. The third kappa shape index (κ3) is 5.90. The number of benzene rings is 8. The zero-order valence-corrected chi connectivity index (χ0v) is 33.0. The topological polar surface area (TPSA) is 64.7 Å². The van der Waals surface area contributed by atoms with Crippen LogP contribution in [0.25, 0.3) is 119 Å². The van der Waals surface area contributed by atoms with Crippen molar-refractivity contribution in [3.8, 4) is 67.9 Å². The minimum atomic E-state index is 0.621. The highest BCUT2D eigenvalue weighted by atomic mass is 32.1. The van der Waals surface area contributed by atoms with Crippen LogP contribution in [0.15, 0.2) is 186 Å². The van der Waals surface area contributed by atoms with Gasteiger partial charge in [0.05, 0.1) is 0 Å². The predicted octanol–water partition coefficient (Wildman–Crippen LogP) is 14.8. The second-order valence-corrected chi connectivity index (χ2v) is 16.8. The quantitative estimate of drug-likeness (QED) is 0.168. The van der Waals surface area contributed by atoms with Crippen LogP contribution >= 0.6 is 22.7 Å². The van der Waals surface area contributed by atoms with Gasteiger partial charge in [0, 0.05) is 62.6 Å². The molecular formula is C52H30N4OS2. The molecule has 0 atom stereocenters. The summed E-state index contributed by atoms with van der Waals surface area (Å²) in [5.41, 5.74) is 10.0. The number of thiophene rings is 2. The Kier molecular flexibility index (Phi) is 7.82. The number of hydrogen-bond acceptors (Lipinski definition) is 7. The summed E-state index contributed by atoms with van der Waals surface area (Å²) >= 11 is 3.61. The van der Waals surface area contributed by atoms with Crippen LogP contribution in [0.1, 0.15) is 0 Å². The Morgan fingerprint density at radius 3 is 1.76 bits per heavy atom. The third-order valence-corrected chi connectivity index (χ3v) is 13.4. The van der Waals surface area contributed by atoms with Gasteiger partial charge in [-0.25, -0.2) is 19.9 Å². The minimum absolute atomic E-state index is 0.621. The number of nitrogens with zero attached hydrogens (tertiary/aromatic N) is 4. The molecule has 0 unspecified atom stereocenters. The molecule has 0 spiro atoms. The maximum absolute atomic E-state index is 6.37. The van der Waals surface area contributed by atoms with Crippen LogP contribution in [0, 0.1) is 0 Å².